The molecule has 198 valence electrons. The van der Waals surface area contributed by atoms with E-state index in [1.807, 2.05) is 42.5 Å². The zero-order valence-corrected chi connectivity index (χ0v) is 21.1. The molecule has 0 aromatic heterocycles. The highest BCUT2D eigenvalue weighted by Crippen LogP contribution is 2.35. The first-order valence-electron chi connectivity index (χ1n) is 12.1. The molecule has 9 heteroatoms. The Morgan fingerprint density at radius 3 is 2.41 bits per heavy atom. The van der Waals surface area contributed by atoms with Crippen molar-refractivity contribution >= 4 is 17.8 Å². The number of esters is 1. The summed E-state index contributed by atoms with van der Waals surface area (Å²) < 4.78 is 11.0. The molecular formula is C28H34N2O7. The zero-order chi connectivity index (χ0) is 27.0. The van der Waals surface area contributed by atoms with E-state index in [0.717, 1.165) is 11.1 Å². The molecule has 1 heterocycles. The fourth-order valence-electron chi connectivity index (χ4n) is 4.62. The summed E-state index contributed by atoms with van der Waals surface area (Å²) >= 11 is 0. The van der Waals surface area contributed by atoms with Crippen LogP contribution in [0.1, 0.15) is 36.5 Å². The molecule has 0 spiro atoms. The number of benzene rings is 2. The van der Waals surface area contributed by atoms with Crippen molar-refractivity contribution in [2.75, 3.05) is 13.7 Å². The second kappa shape index (κ2) is 12.6. The topological polar surface area (TPSA) is 134 Å². The highest BCUT2D eigenvalue weighted by atomic mass is 16.6. The van der Waals surface area contributed by atoms with Crippen LogP contribution >= 0.6 is 0 Å². The molecular weight excluding hydrogens is 476 g/mol. The summed E-state index contributed by atoms with van der Waals surface area (Å²) in [6.07, 6.45) is -1.76. The molecule has 0 saturated carbocycles. The first kappa shape index (κ1) is 28.0. The van der Waals surface area contributed by atoms with Gasteiger partial charge in [0.15, 0.2) is 5.60 Å². The first-order valence-corrected chi connectivity index (χ1v) is 12.1. The monoisotopic (exact) mass is 510 g/mol. The number of hydrogen-bond donors (Lipinski definition) is 4. The van der Waals surface area contributed by atoms with Crippen LogP contribution in [0.4, 0.5) is 0 Å². The van der Waals surface area contributed by atoms with Crippen LogP contribution in [0.2, 0.25) is 0 Å². The van der Waals surface area contributed by atoms with Crippen LogP contribution in [0, 0.1) is 0 Å². The summed E-state index contributed by atoms with van der Waals surface area (Å²) in [4.78, 5) is 36.9. The van der Waals surface area contributed by atoms with Crippen LogP contribution in [0.25, 0.3) is 11.1 Å². The molecule has 5 atom stereocenters. The predicted molar refractivity (Wildman–Crippen MR) is 137 cm³/mol. The molecule has 2 aromatic carbocycles. The Hall–Kier alpha value is -3.53. The minimum atomic E-state index is -1.50. The summed E-state index contributed by atoms with van der Waals surface area (Å²) in [5.41, 5.74) is 0.942. The van der Waals surface area contributed by atoms with Gasteiger partial charge in [0.1, 0.15) is 0 Å². The third-order valence-electron chi connectivity index (χ3n) is 6.39. The lowest BCUT2D eigenvalue weighted by Crippen LogP contribution is -2.63. The minimum absolute atomic E-state index is 0.0644. The maximum atomic E-state index is 12.6. The lowest BCUT2D eigenvalue weighted by Gasteiger charge is -2.46. The average Bonchev–Trinajstić information content (AvgIpc) is 2.89. The highest BCUT2D eigenvalue weighted by Gasteiger charge is 2.52. The SMILES string of the molecule is C=CC[C@]1(C(=O)OC)CC(O)[C@@H](NC(C)=O)C(C[C@H](O)CNC(=O)c2ccc(-c3ccccc3)cc2)O1. The molecule has 0 aliphatic carbocycles. The maximum Gasteiger partial charge on any atom is 0.338 e. The van der Waals surface area contributed by atoms with Gasteiger partial charge in [0, 0.05) is 38.3 Å². The molecule has 1 saturated heterocycles. The van der Waals surface area contributed by atoms with E-state index in [1.54, 1.807) is 12.1 Å². The second-order valence-corrected chi connectivity index (χ2v) is 9.18. The van der Waals surface area contributed by atoms with E-state index < -0.39 is 41.8 Å². The molecule has 1 aliphatic rings. The summed E-state index contributed by atoms with van der Waals surface area (Å²) in [6, 6.07) is 16.0. The van der Waals surface area contributed by atoms with Crippen molar-refractivity contribution in [3.8, 4) is 11.1 Å². The number of ether oxygens (including phenoxy) is 2. The van der Waals surface area contributed by atoms with E-state index in [-0.39, 0.29) is 31.7 Å². The summed E-state index contributed by atoms with van der Waals surface area (Å²) in [5.74, 6) is -1.44. The second-order valence-electron chi connectivity index (χ2n) is 9.18. The van der Waals surface area contributed by atoms with E-state index in [1.165, 1.54) is 20.1 Å². The van der Waals surface area contributed by atoms with Gasteiger partial charge in [-0.2, -0.15) is 0 Å². The van der Waals surface area contributed by atoms with Crippen molar-refractivity contribution in [3.05, 3.63) is 72.8 Å². The number of aliphatic hydroxyl groups excluding tert-OH is 2. The number of methoxy groups -OCH3 is 1. The lowest BCUT2D eigenvalue weighted by atomic mass is 9.82. The third-order valence-corrected chi connectivity index (χ3v) is 6.39. The van der Waals surface area contributed by atoms with E-state index in [9.17, 15) is 24.6 Å². The van der Waals surface area contributed by atoms with Crippen molar-refractivity contribution in [2.24, 2.45) is 0 Å². The average molecular weight is 511 g/mol. The number of carbonyl (C=O) groups excluding carboxylic acids is 3. The minimum Gasteiger partial charge on any atom is -0.467 e. The molecule has 9 nitrogen and oxygen atoms in total. The Morgan fingerprint density at radius 2 is 1.81 bits per heavy atom. The lowest BCUT2D eigenvalue weighted by molar-refractivity contribution is -0.209. The number of amides is 2. The van der Waals surface area contributed by atoms with Crippen LogP contribution in [0.5, 0.6) is 0 Å². The summed E-state index contributed by atoms with van der Waals surface area (Å²) in [6.45, 7) is 4.86. The summed E-state index contributed by atoms with van der Waals surface area (Å²) in [7, 11) is 1.22. The molecule has 1 aliphatic heterocycles. The fourth-order valence-corrected chi connectivity index (χ4v) is 4.62. The first-order chi connectivity index (χ1) is 17.7. The highest BCUT2D eigenvalue weighted by molar-refractivity contribution is 5.94. The molecule has 2 amide bonds. The molecule has 37 heavy (non-hydrogen) atoms. The fraction of sp³-hybridized carbons (Fsp3) is 0.393. The van der Waals surface area contributed by atoms with Gasteiger partial charge in [-0.1, -0.05) is 48.5 Å². The van der Waals surface area contributed by atoms with E-state index in [0.29, 0.717) is 5.56 Å². The van der Waals surface area contributed by atoms with Crippen LogP contribution in [0.15, 0.2) is 67.3 Å². The smallest absolute Gasteiger partial charge is 0.338 e. The van der Waals surface area contributed by atoms with Crippen LogP contribution in [-0.4, -0.2) is 71.6 Å². The number of aliphatic hydroxyl groups is 2. The molecule has 1 fully saturated rings. The van der Waals surface area contributed by atoms with Crippen molar-refractivity contribution in [3.63, 3.8) is 0 Å². The normalized spacial score (nSPS) is 23.9. The summed E-state index contributed by atoms with van der Waals surface area (Å²) in [5, 5.41) is 26.8. The number of hydrogen-bond acceptors (Lipinski definition) is 7. The Balaban J connectivity index is 1.66. The van der Waals surface area contributed by atoms with Gasteiger partial charge in [0.25, 0.3) is 5.91 Å². The van der Waals surface area contributed by atoms with Crippen molar-refractivity contribution < 1.29 is 34.1 Å². The Morgan fingerprint density at radius 1 is 1.16 bits per heavy atom. The molecule has 4 N–H and O–H groups in total. The maximum absolute atomic E-state index is 12.6. The number of carbonyl (C=O) groups is 3. The standard InChI is InChI=1S/C28H34N2O7/c1-4-14-28(27(35)36-3)16-23(33)25(30-18(2)31)24(37-28)15-22(32)17-29-26(34)21-12-10-20(11-13-21)19-8-6-5-7-9-19/h4-13,22-25,32-33H,1,14-17H2,2-3H3,(H,29,34)(H,30,31)/t22-,23?,24?,25+,28+/m0/s1. The Bertz CT molecular complexity index is 1090. The van der Waals surface area contributed by atoms with Crippen LogP contribution < -0.4 is 10.6 Å². The van der Waals surface area contributed by atoms with Gasteiger partial charge in [0.2, 0.25) is 5.91 Å². The molecule has 0 bridgehead atoms. The Kier molecular flexibility index (Phi) is 9.57. The quantitative estimate of drug-likeness (QED) is 0.284. The zero-order valence-electron chi connectivity index (χ0n) is 21.1. The van der Waals surface area contributed by atoms with E-state index >= 15 is 0 Å². The molecule has 0 radical (unpaired) electrons. The van der Waals surface area contributed by atoms with Gasteiger partial charge in [-0.15, -0.1) is 6.58 Å². The van der Waals surface area contributed by atoms with E-state index in [4.69, 9.17) is 9.47 Å². The molecule has 2 aromatic rings. The van der Waals surface area contributed by atoms with Crippen molar-refractivity contribution in [1.82, 2.24) is 10.6 Å². The largest absolute Gasteiger partial charge is 0.467 e. The Labute approximate surface area is 216 Å². The van der Waals surface area contributed by atoms with Gasteiger partial charge in [-0.3, -0.25) is 9.59 Å². The number of rotatable bonds is 10. The van der Waals surface area contributed by atoms with Crippen LogP contribution in [0.3, 0.4) is 0 Å². The molecule has 2 unspecified atom stereocenters. The van der Waals surface area contributed by atoms with Gasteiger partial charge in [-0.25, -0.2) is 4.79 Å². The van der Waals surface area contributed by atoms with Crippen molar-refractivity contribution in [1.29, 1.82) is 0 Å². The van der Waals surface area contributed by atoms with Gasteiger partial charge < -0.3 is 30.3 Å². The van der Waals surface area contributed by atoms with Gasteiger partial charge >= 0.3 is 5.97 Å². The van der Waals surface area contributed by atoms with Gasteiger partial charge in [-0.05, 0) is 23.3 Å². The molecule has 3 rings (SSSR count). The van der Waals surface area contributed by atoms with Crippen molar-refractivity contribution in [2.45, 2.75) is 56.1 Å². The van der Waals surface area contributed by atoms with Crippen LogP contribution in [-0.2, 0) is 19.1 Å². The number of nitrogens with one attached hydrogen (secondary N) is 2. The van der Waals surface area contributed by atoms with Gasteiger partial charge in [0.05, 0.1) is 31.5 Å². The predicted octanol–water partition coefficient (Wildman–Crippen LogP) is 1.98. The third kappa shape index (κ3) is 7.03. The van der Waals surface area contributed by atoms with E-state index in [2.05, 4.69) is 17.2 Å².